The summed E-state index contributed by atoms with van der Waals surface area (Å²) in [4.78, 5) is 11.8. The van der Waals surface area contributed by atoms with Crippen LogP contribution in [0, 0.1) is 41.4 Å². The summed E-state index contributed by atoms with van der Waals surface area (Å²) >= 11 is 0. The number of ether oxygens (including phenoxy) is 1. The van der Waals surface area contributed by atoms with Crippen molar-refractivity contribution in [2.75, 3.05) is 7.11 Å². The number of methoxy groups -OCH3 is 1. The summed E-state index contributed by atoms with van der Waals surface area (Å²) in [6.07, 6.45) is 6.33. The summed E-state index contributed by atoms with van der Waals surface area (Å²) < 4.78 is 4.93. The van der Waals surface area contributed by atoms with E-state index in [-0.39, 0.29) is 5.97 Å². The Morgan fingerprint density at radius 2 is 2.12 bits per heavy atom. The standard InChI is InChI=1S/C15H20O2/c1-7-3-8-4-10(7)13-9-5-11(14(8)13)12(6-9)15(16)17-2/h6-11,13-14H,3-5H2,1-2H3. The number of hydrogen-bond acceptors (Lipinski definition) is 2. The van der Waals surface area contributed by atoms with Crippen LogP contribution in [0.4, 0.5) is 0 Å². The van der Waals surface area contributed by atoms with Crippen LogP contribution in [0.2, 0.25) is 0 Å². The lowest BCUT2D eigenvalue weighted by Crippen LogP contribution is -2.32. The molecule has 17 heavy (non-hydrogen) atoms. The van der Waals surface area contributed by atoms with Gasteiger partial charge in [0.15, 0.2) is 0 Å². The van der Waals surface area contributed by atoms with Gasteiger partial charge in [0, 0.05) is 5.57 Å². The van der Waals surface area contributed by atoms with E-state index in [1.807, 2.05) is 0 Å². The van der Waals surface area contributed by atoms with Crippen LogP contribution < -0.4 is 0 Å². The molecule has 2 heteroatoms. The van der Waals surface area contributed by atoms with Gasteiger partial charge in [-0.3, -0.25) is 0 Å². The lowest BCUT2D eigenvalue weighted by Gasteiger charge is -2.36. The number of allylic oxidation sites excluding steroid dienone is 1. The summed E-state index contributed by atoms with van der Waals surface area (Å²) in [7, 11) is 1.51. The summed E-state index contributed by atoms with van der Waals surface area (Å²) in [5, 5.41) is 0. The molecular formula is C15H20O2. The molecule has 4 aliphatic carbocycles. The minimum absolute atomic E-state index is 0.0632. The van der Waals surface area contributed by atoms with Gasteiger partial charge in [-0.05, 0) is 60.7 Å². The molecule has 0 heterocycles. The van der Waals surface area contributed by atoms with Crippen LogP contribution in [0.25, 0.3) is 0 Å². The molecule has 0 spiro atoms. The highest BCUT2D eigenvalue weighted by molar-refractivity contribution is 5.90. The van der Waals surface area contributed by atoms with Crippen LogP contribution in [0.1, 0.15) is 26.2 Å². The van der Waals surface area contributed by atoms with E-state index in [0.717, 1.165) is 35.2 Å². The fourth-order valence-corrected chi connectivity index (χ4v) is 5.79. The van der Waals surface area contributed by atoms with E-state index in [0.29, 0.717) is 11.8 Å². The van der Waals surface area contributed by atoms with Crippen molar-refractivity contribution in [2.24, 2.45) is 41.4 Å². The predicted octanol–water partition coefficient (Wildman–Crippen LogP) is 2.64. The first kappa shape index (κ1) is 10.2. The molecule has 0 amide bonds. The number of esters is 1. The maximum atomic E-state index is 11.8. The molecule has 0 aliphatic heterocycles. The Labute approximate surface area is 102 Å². The number of hydrogen-bond donors (Lipinski definition) is 0. The number of rotatable bonds is 1. The highest BCUT2D eigenvalue weighted by Crippen LogP contribution is 2.68. The van der Waals surface area contributed by atoms with E-state index in [4.69, 9.17) is 4.74 Å². The van der Waals surface area contributed by atoms with E-state index in [2.05, 4.69) is 13.0 Å². The molecule has 7 unspecified atom stereocenters. The minimum Gasteiger partial charge on any atom is -0.466 e. The molecule has 0 aromatic carbocycles. The first-order chi connectivity index (χ1) is 8.20. The highest BCUT2D eigenvalue weighted by Gasteiger charge is 2.62. The van der Waals surface area contributed by atoms with Gasteiger partial charge in [0.2, 0.25) is 0 Å². The van der Waals surface area contributed by atoms with E-state index in [9.17, 15) is 4.79 Å². The molecule has 0 saturated heterocycles. The third-order valence-corrected chi connectivity index (χ3v) is 6.16. The first-order valence-corrected chi connectivity index (χ1v) is 7.00. The molecule has 0 N–H and O–H groups in total. The fraction of sp³-hybridized carbons (Fsp3) is 0.800. The third-order valence-electron chi connectivity index (χ3n) is 6.16. The Morgan fingerprint density at radius 1 is 1.29 bits per heavy atom. The van der Waals surface area contributed by atoms with Crippen LogP contribution in [-0.4, -0.2) is 13.1 Å². The van der Waals surface area contributed by atoms with Crippen molar-refractivity contribution in [3.05, 3.63) is 11.6 Å². The van der Waals surface area contributed by atoms with E-state index in [1.54, 1.807) is 0 Å². The van der Waals surface area contributed by atoms with E-state index >= 15 is 0 Å². The molecular weight excluding hydrogens is 212 g/mol. The first-order valence-electron chi connectivity index (χ1n) is 7.00. The topological polar surface area (TPSA) is 26.3 Å². The van der Waals surface area contributed by atoms with Crippen molar-refractivity contribution in [2.45, 2.75) is 26.2 Å². The second-order valence-corrected chi connectivity index (χ2v) is 6.65. The maximum Gasteiger partial charge on any atom is 0.333 e. The lowest BCUT2D eigenvalue weighted by molar-refractivity contribution is -0.137. The SMILES string of the molecule is COC(=O)C1=CC2CC1C1C3CC(C)C(C3)C21. The molecule has 4 bridgehead atoms. The summed E-state index contributed by atoms with van der Waals surface area (Å²) in [5.41, 5.74) is 1.01. The minimum atomic E-state index is -0.0632. The maximum absolute atomic E-state index is 11.8. The second kappa shape index (κ2) is 3.15. The van der Waals surface area contributed by atoms with Gasteiger partial charge in [-0.15, -0.1) is 0 Å². The predicted molar refractivity (Wildman–Crippen MR) is 64.1 cm³/mol. The van der Waals surface area contributed by atoms with Gasteiger partial charge in [-0.2, -0.15) is 0 Å². The second-order valence-electron chi connectivity index (χ2n) is 6.65. The molecule has 0 aromatic heterocycles. The van der Waals surface area contributed by atoms with Crippen molar-refractivity contribution in [3.8, 4) is 0 Å². The fourth-order valence-electron chi connectivity index (χ4n) is 5.79. The van der Waals surface area contributed by atoms with E-state index < -0.39 is 0 Å². The summed E-state index contributed by atoms with van der Waals surface area (Å²) in [5.74, 6) is 5.68. The number of fused-ring (bicyclic) bond motifs is 9. The van der Waals surface area contributed by atoms with Crippen molar-refractivity contribution in [3.63, 3.8) is 0 Å². The normalized spacial score (nSPS) is 53.8. The molecule has 3 saturated carbocycles. The van der Waals surface area contributed by atoms with Crippen LogP contribution in [0.3, 0.4) is 0 Å². The molecule has 4 aliphatic rings. The van der Waals surface area contributed by atoms with Crippen LogP contribution >= 0.6 is 0 Å². The van der Waals surface area contributed by atoms with Gasteiger partial charge in [0.1, 0.15) is 0 Å². The van der Waals surface area contributed by atoms with Crippen LogP contribution in [0.5, 0.6) is 0 Å². The molecule has 7 atom stereocenters. The number of carbonyl (C=O) groups excluding carboxylic acids is 1. The van der Waals surface area contributed by atoms with Crippen molar-refractivity contribution >= 4 is 5.97 Å². The van der Waals surface area contributed by atoms with Gasteiger partial charge in [-0.1, -0.05) is 13.0 Å². The van der Waals surface area contributed by atoms with Gasteiger partial charge in [-0.25, -0.2) is 4.79 Å². The molecule has 0 aromatic rings. The molecule has 2 nitrogen and oxygen atoms in total. The van der Waals surface area contributed by atoms with Crippen molar-refractivity contribution < 1.29 is 9.53 Å². The third kappa shape index (κ3) is 1.10. The van der Waals surface area contributed by atoms with E-state index in [1.165, 1.54) is 26.4 Å². The lowest BCUT2D eigenvalue weighted by atomic mass is 9.68. The van der Waals surface area contributed by atoms with Gasteiger partial charge in [0.05, 0.1) is 7.11 Å². The summed E-state index contributed by atoms with van der Waals surface area (Å²) in [6, 6.07) is 0. The van der Waals surface area contributed by atoms with Crippen molar-refractivity contribution in [1.82, 2.24) is 0 Å². The smallest absolute Gasteiger partial charge is 0.333 e. The van der Waals surface area contributed by atoms with Crippen LogP contribution in [-0.2, 0) is 9.53 Å². The average Bonchev–Trinajstić information content (AvgIpc) is 3.02. The number of carbonyl (C=O) groups is 1. The van der Waals surface area contributed by atoms with Crippen LogP contribution in [0.15, 0.2) is 11.6 Å². The average molecular weight is 232 g/mol. The summed E-state index contributed by atoms with van der Waals surface area (Å²) in [6.45, 7) is 2.43. The zero-order chi connectivity index (χ0) is 11.7. The monoisotopic (exact) mass is 232 g/mol. The Bertz CT molecular complexity index is 411. The Balaban J connectivity index is 1.69. The van der Waals surface area contributed by atoms with Crippen molar-refractivity contribution in [1.29, 1.82) is 0 Å². The molecule has 4 rings (SSSR count). The Morgan fingerprint density at radius 3 is 2.88 bits per heavy atom. The zero-order valence-electron chi connectivity index (χ0n) is 10.6. The zero-order valence-corrected chi connectivity index (χ0v) is 10.6. The molecule has 92 valence electrons. The highest BCUT2D eigenvalue weighted by atomic mass is 16.5. The van der Waals surface area contributed by atoms with Gasteiger partial charge >= 0.3 is 5.97 Å². The van der Waals surface area contributed by atoms with Gasteiger partial charge < -0.3 is 4.74 Å². The Kier molecular flexibility index (Phi) is 1.88. The van der Waals surface area contributed by atoms with Gasteiger partial charge in [0.25, 0.3) is 0 Å². The Hall–Kier alpha value is -0.790. The largest absolute Gasteiger partial charge is 0.466 e. The quantitative estimate of drug-likeness (QED) is 0.513. The molecule has 0 radical (unpaired) electrons. The molecule has 3 fully saturated rings.